The summed E-state index contributed by atoms with van der Waals surface area (Å²) < 4.78 is 15.0. The van der Waals surface area contributed by atoms with Crippen LogP contribution in [0.4, 0.5) is 20.8 Å². The first-order valence-corrected chi connectivity index (χ1v) is 11.7. The average molecular weight is 457 g/mol. The van der Waals surface area contributed by atoms with E-state index >= 15 is 4.39 Å². The van der Waals surface area contributed by atoms with Gasteiger partial charge in [0.2, 0.25) is 11.7 Å². The van der Waals surface area contributed by atoms with Gasteiger partial charge in [0.15, 0.2) is 16.8 Å². The lowest BCUT2D eigenvalue weighted by Gasteiger charge is -2.22. The Bertz CT molecular complexity index is 795. The van der Waals surface area contributed by atoms with Crippen molar-refractivity contribution in [3.05, 3.63) is 5.82 Å². The maximum Gasteiger partial charge on any atom is 0.404 e. The second kappa shape index (κ2) is 10.8. The number of β-amino-alcohol motifs (C(OH)–C–C–N with tert-alkyl or cyclic N) is 1. The second-order valence-electron chi connectivity index (χ2n) is 7.97. The molecule has 3 rings (SSSR count). The minimum atomic E-state index is -1.19. The van der Waals surface area contributed by atoms with Gasteiger partial charge in [-0.15, -0.1) is 0 Å². The maximum atomic E-state index is 15.0. The Morgan fingerprint density at radius 3 is 2.65 bits per heavy atom. The second-order valence-corrected chi connectivity index (χ2v) is 8.74. The van der Waals surface area contributed by atoms with Crippen LogP contribution in [-0.2, 0) is 4.79 Å². The van der Waals surface area contributed by atoms with Gasteiger partial charge in [-0.1, -0.05) is 37.4 Å². The molecule has 10 nitrogen and oxygen atoms in total. The van der Waals surface area contributed by atoms with Crippen molar-refractivity contribution in [2.45, 2.75) is 49.8 Å². The van der Waals surface area contributed by atoms with Gasteiger partial charge < -0.3 is 20.4 Å². The number of hydrazine groups is 1. The summed E-state index contributed by atoms with van der Waals surface area (Å²) in [7, 11) is 0. The Morgan fingerprint density at radius 1 is 1.29 bits per heavy atom. The van der Waals surface area contributed by atoms with Gasteiger partial charge in [-0.3, -0.25) is 15.6 Å². The van der Waals surface area contributed by atoms with Crippen LogP contribution in [0.15, 0.2) is 5.16 Å². The van der Waals surface area contributed by atoms with Crippen LogP contribution < -0.4 is 21.1 Å². The van der Waals surface area contributed by atoms with Gasteiger partial charge in [0, 0.05) is 19.6 Å². The van der Waals surface area contributed by atoms with Crippen molar-refractivity contribution in [1.29, 1.82) is 0 Å². The fourth-order valence-electron chi connectivity index (χ4n) is 4.10. The third-order valence-corrected chi connectivity index (χ3v) is 6.27. The number of aliphatic hydroxyl groups excluding tert-OH is 1. The van der Waals surface area contributed by atoms with Crippen molar-refractivity contribution in [3.8, 4) is 0 Å². The minimum Gasteiger partial charge on any atom is -0.465 e. The first-order chi connectivity index (χ1) is 14.9. The minimum absolute atomic E-state index is 0.0153. The van der Waals surface area contributed by atoms with E-state index in [0.29, 0.717) is 30.5 Å². The maximum absolute atomic E-state index is 15.0. The third kappa shape index (κ3) is 6.33. The lowest BCUT2D eigenvalue weighted by molar-refractivity contribution is -0.124. The number of amides is 2. The standard InChI is InChI=1S/C19H29FN6O4S/c1-31-18-22-15(14(20)16(23-18)26-7-6-13(27)10-26)24-25-17(28)12(9-21-19(29)30)8-11-4-2-3-5-11/h11-13,21,27H,2-10H2,1H3,(H,25,28)(H,29,30)(H,22,23,24)/t12-,13-/m1/s1. The number of halogens is 1. The molecule has 1 saturated carbocycles. The van der Waals surface area contributed by atoms with Gasteiger partial charge in [-0.25, -0.2) is 14.8 Å². The first-order valence-electron chi connectivity index (χ1n) is 10.4. The van der Waals surface area contributed by atoms with Crippen LogP contribution in [0.25, 0.3) is 0 Å². The summed E-state index contributed by atoms with van der Waals surface area (Å²) in [5.41, 5.74) is 5.04. The molecular formula is C19H29FN6O4S. The zero-order valence-electron chi connectivity index (χ0n) is 17.4. The van der Waals surface area contributed by atoms with Crippen LogP contribution in [0.2, 0.25) is 0 Å². The summed E-state index contributed by atoms with van der Waals surface area (Å²) in [5.74, 6) is -1.45. The van der Waals surface area contributed by atoms with Gasteiger partial charge >= 0.3 is 6.09 Å². The molecule has 0 aromatic carbocycles. The van der Waals surface area contributed by atoms with E-state index < -0.39 is 29.8 Å². The zero-order chi connectivity index (χ0) is 22.4. The molecule has 2 fully saturated rings. The fourth-order valence-corrected chi connectivity index (χ4v) is 4.46. The lowest BCUT2D eigenvalue weighted by Crippen LogP contribution is -2.42. The number of nitrogens with zero attached hydrogens (tertiary/aromatic N) is 3. The van der Waals surface area contributed by atoms with Gasteiger partial charge in [0.05, 0.1) is 12.0 Å². The summed E-state index contributed by atoms with van der Waals surface area (Å²) in [5, 5.41) is 21.3. The Morgan fingerprint density at radius 2 is 2.03 bits per heavy atom. The van der Waals surface area contributed by atoms with Gasteiger partial charge in [0.25, 0.3) is 0 Å². The third-order valence-electron chi connectivity index (χ3n) is 5.73. The molecule has 0 bridgehead atoms. The molecule has 0 spiro atoms. The molecule has 0 unspecified atom stereocenters. The van der Waals surface area contributed by atoms with Crippen molar-refractivity contribution in [2.24, 2.45) is 11.8 Å². The van der Waals surface area contributed by atoms with Crippen LogP contribution in [0.5, 0.6) is 0 Å². The number of hydrogen-bond donors (Lipinski definition) is 5. The topological polar surface area (TPSA) is 140 Å². The number of carbonyl (C=O) groups is 2. The van der Waals surface area contributed by atoms with E-state index in [1.54, 1.807) is 11.2 Å². The van der Waals surface area contributed by atoms with Crippen molar-refractivity contribution >= 4 is 35.4 Å². The molecule has 12 heteroatoms. The molecule has 31 heavy (non-hydrogen) atoms. The predicted molar refractivity (Wildman–Crippen MR) is 114 cm³/mol. The van der Waals surface area contributed by atoms with Crippen LogP contribution in [0.1, 0.15) is 38.5 Å². The van der Waals surface area contributed by atoms with E-state index in [1.165, 1.54) is 11.8 Å². The Balaban J connectivity index is 1.69. The molecule has 5 N–H and O–H groups in total. The number of anilines is 2. The highest BCUT2D eigenvalue weighted by atomic mass is 32.2. The quantitative estimate of drug-likeness (QED) is 0.214. The molecule has 1 aliphatic carbocycles. The largest absolute Gasteiger partial charge is 0.465 e. The normalized spacial score (nSPS) is 20.0. The predicted octanol–water partition coefficient (Wildman–Crippen LogP) is 1.82. The van der Waals surface area contributed by atoms with Crippen molar-refractivity contribution < 1.29 is 24.2 Å². The van der Waals surface area contributed by atoms with Crippen molar-refractivity contribution in [3.63, 3.8) is 0 Å². The number of aliphatic hydroxyl groups is 1. The monoisotopic (exact) mass is 456 g/mol. The number of carboxylic acid groups (broad SMARTS) is 1. The van der Waals surface area contributed by atoms with Gasteiger partial charge in [-0.2, -0.15) is 4.39 Å². The number of nitrogens with one attached hydrogen (secondary N) is 3. The molecule has 2 amide bonds. The molecule has 1 aliphatic heterocycles. The van der Waals surface area contributed by atoms with Crippen LogP contribution in [0, 0.1) is 17.7 Å². The molecule has 1 aromatic heterocycles. The number of hydrogen-bond acceptors (Lipinski definition) is 8. The number of carbonyl (C=O) groups excluding carboxylic acids is 1. The smallest absolute Gasteiger partial charge is 0.404 e. The van der Waals surface area contributed by atoms with E-state index in [9.17, 15) is 14.7 Å². The summed E-state index contributed by atoms with van der Waals surface area (Å²) in [6, 6.07) is 0. The number of thioether (sulfide) groups is 1. The van der Waals surface area contributed by atoms with E-state index in [2.05, 4.69) is 26.1 Å². The Kier molecular flexibility index (Phi) is 8.13. The van der Waals surface area contributed by atoms with E-state index in [-0.39, 0.29) is 24.7 Å². The number of aromatic nitrogens is 2. The van der Waals surface area contributed by atoms with Crippen molar-refractivity contribution in [1.82, 2.24) is 20.7 Å². The molecule has 1 aromatic rings. The Labute approximate surface area is 184 Å². The highest BCUT2D eigenvalue weighted by Gasteiger charge is 2.28. The summed E-state index contributed by atoms with van der Waals surface area (Å²) >= 11 is 1.23. The zero-order valence-corrected chi connectivity index (χ0v) is 18.3. The fraction of sp³-hybridized carbons (Fsp3) is 0.684. The van der Waals surface area contributed by atoms with Gasteiger partial charge in [0.1, 0.15) is 0 Å². The molecule has 2 atom stereocenters. The van der Waals surface area contributed by atoms with Crippen LogP contribution in [0.3, 0.4) is 0 Å². The molecular weight excluding hydrogens is 427 g/mol. The SMILES string of the molecule is CSc1nc(NNC(=O)[C@@H](CNC(=O)O)CC2CCCC2)c(F)c(N2CC[C@@H](O)C2)n1. The highest BCUT2D eigenvalue weighted by molar-refractivity contribution is 7.98. The van der Waals surface area contributed by atoms with Gasteiger partial charge in [-0.05, 0) is 25.0 Å². The average Bonchev–Trinajstić information content (AvgIpc) is 3.41. The molecule has 1 saturated heterocycles. The lowest BCUT2D eigenvalue weighted by atomic mass is 9.92. The summed E-state index contributed by atoms with van der Waals surface area (Å²) in [6.07, 6.45) is 5.38. The highest BCUT2D eigenvalue weighted by Crippen LogP contribution is 2.31. The first kappa shape index (κ1) is 23.3. The molecule has 0 radical (unpaired) electrons. The molecule has 2 aliphatic rings. The van der Waals surface area contributed by atoms with E-state index in [0.717, 1.165) is 25.7 Å². The summed E-state index contributed by atoms with van der Waals surface area (Å²) in [6.45, 7) is 0.732. The van der Waals surface area contributed by atoms with E-state index in [4.69, 9.17) is 5.11 Å². The van der Waals surface area contributed by atoms with Crippen molar-refractivity contribution in [2.75, 3.05) is 36.2 Å². The number of rotatable bonds is 9. The van der Waals surface area contributed by atoms with Crippen LogP contribution >= 0.6 is 11.8 Å². The Hall–Kier alpha value is -2.34. The van der Waals surface area contributed by atoms with Crippen LogP contribution in [-0.4, -0.2) is 64.2 Å². The molecule has 172 valence electrons. The molecule has 2 heterocycles. The van der Waals surface area contributed by atoms with E-state index in [1.807, 2.05) is 0 Å². The summed E-state index contributed by atoms with van der Waals surface area (Å²) in [4.78, 5) is 33.6.